The minimum Gasteiger partial charge on any atom is -0.493 e. The molecular formula is C18H18O5. The second-order valence-electron chi connectivity index (χ2n) is 5.08. The van der Waals surface area contributed by atoms with Gasteiger partial charge in [-0.05, 0) is 50.2 Å². The molecule has 0 heterocycles. The first-order valence-corrected chi connectivity index (χ1v) is 7.16. The number of aldehydes is 1. The van der Waals surface area contributed by atoms with Crippen LogP contribution in [-0.2, 0) is 0 Å². The molecule has 0 bridgehead atoms. The lowest BCUT2D eigenvalue weighted by Gasteiger charge is -2.12. The lowest BCUT2D eigenvalue weighted by atomic mass is 10.2. The molecule has 0 fully saturated rings. The summed E-state index contributed by atoms with van der Waals surface area (Å²) in [5.41, 5.74) is 0.598. The fraction of sp³-hybridized carbons (Fsp3) is 0.222. The average Bonchev–Trinajstić information content (AvgIpc) is 2.55. The molecule has 2 aromatic carbocycles. The molecule has 0 aliphatic heterocycles. The van der Waals surface area contributed by atoms with E-state index in [-0.39, 0.29) is 17.4 Å². The summed E-state index contributed by atoms with van der Waals surface area (Å²) in [5, 5.41) is 0. The lowest BCUT2D eigenvalue weighted by molar-refractivity contribution is 0.0728. The van der Waals surface area contributed by atoms with Crippen molar-refractivity contribution in [2.75, 3.05) is 7.11 Å². The molecule has 2 rings (SSSR count). The fourth-order valence-electron chi connectivity index (χ4n) is 1.99. The van der Waals surface area contributed by atoms with Crippen LogP contribution in [0.25, 0.3) is 0 Å². The normalized spacial score (nSPS) is 10.3. The van der Waals surface area contributed by atoms with Crippen LogP contribution in [0.4, 0.5) is 0 Å². The van der Waals surface area contributed by atoms with Crippen molar-refractivity contribution >= 4 is 12.3 Å². The van der Waals surface area contributed by atoms with Gasteiger partial charge >= 0.3 is 5.97 Å². The third kappa shape index (κ3) is 4.10. The van der Waals surface area contributed by atoms with Gasteiger partial charge in [0, 0.05) is 0 Å². The molecule has 0 aromatic heterocycles. The van der Waals surface area contributed by atoms with Gasteiger partial charge in [-0.1, -0.05) is 6.07 Å². The van der Waals surface area contributed by atoms with E-state index >= 15 is 0 Å². The monoisotopic (exact) mass is 314 g/mol. The highest BCUT2D eigenvalue weighted by Gasteiger charge is 2.16. The maximum Gasteiger partial charge on any atom is 0.343 e. The van der Waals surface area contributed by atoms with Crippen LogP contribution >= 0.6 is 0 Å². The second kappa shape index (κ2) is 7.45. The Morgan fingerprint density at radius 1 is 1.09 bits per heavy atom. The van der Waals surface area contributed by atoms with Gasteiger partial charge < -0.3 is 14.2 Å². The molecule has 0 atom stereocenters. The SMILES string of the molecule is COc1cccc(C=O)c1OC(=O)c1ccc(OC(C)C)cc1. The third-order valence-electron chi connectivity index (χ3n) is 3.01. The van der Waals surface area contributed by atoms with Gasteiger partial charge in [-0.3, -0.25) is 4.79 Å². The average molecular weight is 314 g/mol. The number of para-hydroxylation sites is 1. The highest BCUT2D eigenvalue weighted by Crippen LogP contribution is 2.30. The van der Waals surface area contributed by atoms with Crippen molar-refractivity contribution in [3.8, 4) is 17.2 Å². The smallest absolute Gasteiger partial charge is 0.343 e. The zero-order valence-electron chi connectivity index (χ0n) is 13.2. The van der Waals surface area contributed by atoms with Crippen LogP contribution in [0.1, 0.15) is 34.6 Å². The van der Waals surface area contributed by atoms with Gasteiger partial charge in [0.2, 0.25) is 0 Å². The molecule has 5 nitrogen and oxygen atoms in total. The minimum atomic E-state index is -0.575. The first-order chi connectivity index (χ1) is 11.0. The fourth-order valence-corrected chi connectivity index (χ4v) is 1.99. The molecule has 0 N–H and O–H groups in total. The number of rotatable bonds is 6. The van der Waals surface area contributed by atoms with E-state index in [0.29, 0.717) is 23.3 Å². The highest BCUT2D eigenvalue weighted by molar-refractivity contribution is 5.93. The van der Waals surface area contributed by atoms with Crippen molar-refractivity contribution in [3.05, 3.63) is 53.6 Å². The third-order valence-corrected chi connectivity index (χ3v) is 3.01. The van der Waals surface area contributed by atoms with E-state index in [4.69, 9.17) is 14.2 Å². The second-order valence-corrected chi connectivity index (χ2v) is 5.08. The van der Waals surface area contributed by atoms with Crippen molar-refractivity contribution in [2.45, 2.75) is 20.0 Å². The van der Waals surface area contributed by atoms with Crippen LogP contribution in [-0.4, -0.2) is 25.5 Å². The summed E-state index contributed by atoms with van der Waals surface area (Å²) in [6.07, 6.45) is 0.668. The number of hydrogen-bond donors (Lipinski definition) is 0. The van der Waals surface area contributed by atoms with Crippen molar-refractivity contribution in [1.29, 1.82) is 0 Å². The number of carbonyl (C=O) groups excluding carboxylic acids is 2. The molecule has 0 radical (unpaired) electrons. The van der Waals surface area contributed by atoms with Crippen LogP contribution in [0.3, 0.4) is 0 Å². The van der Waals surface area contributed by atoms with E-state index in [9.17, 15) is 9.59 Å². The number of ether oxygens (including phenoxy) is 3. The minimum absolute atomic E-state index is 0.0523. The van der Waals surface area contributed by atoms with Crippen molar-refractivity contribution < 1.29 is 23.8 Å². The number of benzene rings is 2. The van der Waals surface area contributed by atoms with Crippen molar-refractivity contribution in [2.24, 2.45) is 0 Å². The van der Waals surface area contributed by atoms with Crippen LogP contribution in [0.5, 0.6) is 17.2 Å². The molecule has 0 unspecified atom stereocenters. The topological polar surface area (TPSA) is 61.8 Å². The van der Waals surface area contributed by atoms with Crippen LogP contribution in [0, 0.1) is 0 Å². The lowest BCUT2D eigenvalue weighted by Crippen LogP contribution is -2.11. The van der Waals surface area contributed by atoms with Gasteiger partial charge in [-0.25, -0.2) is 4.79 Å². The molecule has 23 heavy (non-hydrogen) atoms. The molecule has 120 valence electrons. The molecule has 2 aromatic rings. The Hall–Kier alpha value is -2.82. The molecule has 0 aliphatic carbocycles. The predicted octanol–water partition coefficient (Wildman–Crippen LogP) is 3.51. The largest absolute Gasteiger partial charge is 0.493 e. The zero-order valence-corrected chi connectivity index (χ0v) is 13.2. The summed E-state index contributed by atoms with van der Waals surface area (Å²) in [5.74, 6) is 0.524. The Morgan fingerprint density at radius 2 is 1.78 bits per heavy atom. The number of hydrogen-bond acceptors (Lipinski definition) is 5. The quantitative estimate of drug-likeness (QED) is 0.464. The molecule has 0 spiro atoms. The highest BCUT2D eigenvalue weighted by atomic mass is 16.6. The summed E-state index contributed by atoms with van der Waals surface area (Å²) in [6.45, 7) is 3.84. The van der Waals surface area contributed by atoms with Crippen LogP contribution in [0.15, 0.2) is 42.5 Å². The van der Waals surface area contributed by atoms with Gasteiger partial charge in [-0.2, -0.15) is 0 Å². The summed E-state index contributed by atoms with van der Waals surface area (Å²) in [6, 6.07) is 11.4. The molecule has 0 saturated heterocycles. The van der Waals surface area contributed by atoms with Crippen molar-refractivity contribution in [1.82, 2.24) is 0 Å². The molecule has 0 aliphatic rings. The first-order valence-electron chi connectivity index (χ1n) is 7.16. The van der Waals surface area contributed by atoms with Gasteiger partial charge in [0.15, 0.2) is 17.8 Å². The number of methoxy groups -OCH3 is 1. The molecular weight excluding hydrogens is 296 g/mol. The predicted molar refractivity (Wildman–Crippen MR) is 85.5 cm³/mol. The van der Waals surface area contributed by atoms with Crippen LogP contribution in [0.2, 0.25) is 0 Å². The maximum atomic E-state index is 12.2. The van der Waals surface area contributed by atoms with Gasteiger partial charge in [-0.15, -0.1) is 0 Å². The van der Waals surface area contributed by atoms with E-state index < -0.39 is 5.97 Å². The standard InChI is InChI=1S/C18H18O5/c1-12(2)22-15-9-7-13(8-10-15)18(20)23-17-14(11-19)5-4-6-16(17)21-3/h4-12H,1-3H3. The van der Waals surface area contributed by atoms with E-state index in [1.807, 2.05) is 13.8 Å². The Morgan fingerprint density at radius 3 is 2.35 bits per heavy atom. The van der Waals surface area contributed by atoms with Gasteiger partial charge in [0.05, 0.1) is 24.3 Å². The summed E-state index contributed by atoms with van der Waals surface area (Å²) >= 11 is 0. The Bertz CT molecular complexity index is 689. The van der Waals surface area contributed by atoms with E-state index in [0.717, 1.165) is 0 Å². The van der Waals surface area contributed by atoms with E-state index in [1.54, 1.807) is 42.5 Å². The summed E-state index contributed by atoms with van der Waals surface area (Å²) < 4.78 is 16.0. The molecule has 0 saturated carbocycles. The van der Waals surface area contributed by atoms with Crippen LogP contribution < -0.4 is 14.2 Å². The summed E-state index contributed by atoms with van der Waals surface area (Å²) in [4.78, 5) is 23.3. The Kier molecular flexibility index (Phi) is 5.36. The number of carbonyl (C=O) groups is 2. The molecule has 0 amide bonds. The van der Waals surface area contributed by atoms with E-state index in [2.05, 4.69) is 0 Å². The zero-order chi connectivity index (χ0) is 16.8. The van der Waals surface area contributed by atoms with E-state index in [1.165, 1.54) is 7.11 Å². The van der Waals surface area contributed by atoms with Gasteiger partial charge in [0.1, 0.15) is 5.75 Å². The maximum absolute atomic E-state index is 12.2. The first kappa shape index (κ1) is 16.5. The summed E-state index contributed by atoms with van der Waals surface area (Å²) in [7, 11) is 1.44. The van der Waals surface area contributed by atoms with Crippen molar-refractivity contribution in [3.63, 3.8) is 0 Å². The van der Waals surface area contributed by atoms with Gasteiger partial charge in [0.25, 0.3) is 0 Å². The number of esters is 1. The Balaban J connectivity index is 2.21. The molecule has 5 heteroatoms. The Labute approximate surface area is 134 Å².